The van der Waals surface area contributed by atoms with Crippen molar-refractivity contribution < 1.29 is 0 Å². The molecule has 0 bridgehead atoms. The summed E-state index contributed by atoms with van der Waals surface area (Å²) in [5.74, 6) is 0. The van der Waals surface area contributed by atoms with E-state index in [1.807, 2.05) is 0 Å². The lowest BCUT2D eigenvalue weighted by molar-refractivity contribution is 1.18. The average molecular weight is 724 g/mol. The van der Waals surface area contributed by atoms with E-state index in [4.69, 9.17) is 0 Å². The Kier molecular flexibility index (Phi) is 7.89. The van der Waals surface area contributed by atoms with Gasteiger partial charge in [-0.25, -0.2) is 0 Å². The summed E-state index contributed by atoms with van der Waals surface area (Å²) in [5.41, 5.74) is 13.4. The molecule has 57 heavy (non-hydrogen) atoms. The van der Waals surface area contributed by atoms with Gasteiger partial charge in [0.25, 0.3) is 0 Å². The number of hydrogen-bond acceptors (Lipinski definition) is 0. The SMILES string of the molecule is C(=Cc1ccc(-c2c3ccccc3c(-c3ccc4c5ccccc5n(-c5ccccc5)c4c3)c3ccccc23)c2ccccc12)c1ccc(-c2ccccc2)cc1. The van der Waals surface area contributed by atoms with Crippen LogP contribution in [0.1, 0.15) is 11.1 Å². The highest BCUT2D eigenvalue weighted by Crippen LogP contribution is 2.46. The van der Waals surface area contributed by atoms with Crippen LogP contribution in [-0.4, -0.2) is 4.57 Å². The lowest BCUT2D eigenvalue weighted by atomic mass is 9.84. The van der Waals surface area contributed by atoms with Crippen LogP contribution < -0.4 is 0 Å². The summed E-state index contributed by atoms with van der Waals surface area (Å²) in [6.07, 6.45) is 4.48. The Morgan fingerprint density at radius 1 is 0.298 bits per heavy atom. The molecule has 11 rings (SSSR count). The van der Waals surface area contributed by atoms with Crippen molar-refractivity contribution in [2.45, 2.75) is 0 Å². The van der Waals surface area contributed by atoms with Gasteiger partial charge in [-0.15, -0.1) is 0 Å². The zero-order valence-corrected chi connectivity index (χ0v) is 31.3. The Labute approximate surface area is 332 Å². The van der Waals surface area contributed by atoms with E-state index in [2.05, 4.69) is 229 Å². The van der Waals surface area contributed by atoms with E-state index < -0.39 is 0 Å². The highest BCUT2D eigenvalue weighted by atomic mass is 15.0. The fourth-order valence-electron chi connectivity index (χ4n) is 9.00. The second-order valence-electron chi connectivity index (χ2n) is 14.8. The number of aromatic nitrogens is 1. The third kappa shape index (κ3) is 5.55. The first-order chi connectivity index (χ1) is 28.3. The Balaban J connectivity index is 1.08. The van der Waals surface area contributed by atoms with Crippen LogP contribution in [0.5, 0.6) is 0 Å². The molecule has 1 heterocycles. The second-order valence-corrected chi connectivity index (χ2v) is 14.8. The van der Waals surface area contributed by atoms with Crippen molar-refractivity contribution in [2.24, 2.45) is 0 Å². The number of hydrogen-bond donors (Lipinski definition) is 0. The molecule has 0 aliphatic carbocycles. The van der Waals surface area contributed by atoms with Crippen molar-refractivity contribution in [3.8, 4) is 39.1 Å². The van der Waals surface area contributed by atoms with Gasteiger partial charge in [0.2, 0.25) is 0 Å². The molecule has 0 saturated heterocycles. The van der Waals surface area contributed by atoms with Crippen LogP contribution in [0.25, 0.3) is 105 Å². The minimum atomic E-state index is 1.16. The van der Waals surface area contributed by atoms with Gasteiger partial charge in [-0.2, -0.15) is 0 Å². The second kappa shape index (κ2) is 13.7. The molecule has 266 valence electrons. The van der Waals surface area contributed by atoms with Crippen molar-refractivity contribution >= 4 is 66.3 Å². The minimum Gasteiger partial charge on any atom is -0.309 e. The van der Waals surface area contributed by atoms with Crippen molar-refractivity contribution in [3.05, 3.63) is 223 Å². The molecule has 1 heteroatoms. The smallest absolute Gasteiger partial charge is 0.0547 e. The van der Waals surface area contributed by atoms with Crippen molar-refractivity contribution in [2.75, 3.05) is 0 Å². The van der Waals surface area contributed by atoms with Crippen LogP contribution in [0, 0.1) is 0 Å². The van der Waals surface area contributed by atoms with Gasteiger partial charge >= 0.3 is 0 Å². The minimum absolute atomic E-state index is 1.16. The van der Waals surface area contributed by atoms with Gasteiger partial charge in [-0.1, -0.05) is 200 Å². The molecule has 0 atom stereocenters. The molecular formula is C56H37N. The summed E-state index contributed by atoms with van der Waals surface area (Å²) in [7, 11) is 0. The number of benzene rings is 10. The highest BCUT2D eigenvalue weighted by molar-refractivity contribution is 6.24. The van der Waals surface area contributed by atoms with E-state index in [1.54, 1.807) is 0 Å². The van der Waals surface area contributed by atoms with Gasteiger partial charge in [0.15, 0.2) is 0 Å². The first-order valence-corrected chi connectivity index (χ1v) is 19.7. The van der Waals surface area contributed by atoms with Crippen LogP contribution in [0.3, 0.4) is 0 Å². The lowest BCUT2D eigenvalue weighted by Gasteiger charge is -2.19. The highest BCUT2D eigenvalue weighted by Gasteiger charge is 2.20. The van der Waals surface area contributed by atoms with Crippen LogP contribution in [0.15, 0.2) is 212 Å². The molecule has 0 amide bonds. The first kappa shape index (κ1) is 32.9. The maximum absolute atomic E-state index is 2.41. The zero-order valence-electron chi connectivity index (χ0n) is 31.3. The van der Waals surface area contributed by atoms with Crippen molar-refractivity contribution in [3.63, 3.8) is 0 Å². The third-order valence-corrected chi connectivity index (χ3v) is 11.6. The molecule has 1 nitrogen and oxygen atoms in total. The Hall–Kier alpha value is -7.48. The fourth-order valence-corrected chi connectivity index (χ4v) is 9.00. The van der Waals surface area contributed by atoms with E-state index in [1.165, 1.54) is 98.6 Å². The van der Waals surface area contributed by atoms with Gasteiger partial charge < -0.3 is 4.57 Å². The molecule has 1 aromatic heterocycles. The molecule has 0 aliphatic heterocycles. The number of fused-ring (bicyclic) bond motifs is 6. The summed E-state index contributed by atoms with van der Waals surface area (Å²) in [6.45, 7) is 0. The largest absolute Gasteiger partial charge is 0.309 e. The summed E-state index contributed by atoms with van der Waals surface area (Å²) in [4.78, 5) is 0. The molecule has 0 spiro atoms. The molecule has 0 saturated carbocycles. The molecule has 0 radical (unpaired) electrons. The van der Waals surface area contributed by atoms with Crippen LogP contribution in [0.2, 0.25) is 0 Å². The van der Waals surface area contributed by atoms with Crippen LogP contribution in [0.4, 0.5) is 0 Å². The average Bonchev–Trinajstić information content (AvgIpc) is 3.62. The number of para-hydroxylation sites is 2. The van der Waals surface area contributed by atoms with Crippen molar-refractivity contribution in [1.29, 1.82) is 0 Å². The monoisotopic (exact) mass is 723 g/mol. The van der Waals surface area contributed by atoms with Gasteiger partial charge in [-0.05, 0) is 101 Å². The van der Waals surface area contributed by atoms with E-state index >= 15 is 0 Å². The predicted octanol–water partition coefficient (Wildman–Crippen LogP) is 15.4. The summed E-state index contributed by atoms with van der Waals surface area (Å²) in [5, 5.41) is 10.0. The predicted molar refractivity (Wildman–Crippen MR) is 245 cm³/mol. The van der Waals surface area contributed by atoms with Gasteiger partial charge in [-0.3, -0.25) is 0 Å². The lowest BCUT2D eigenvalue weighted by Crippen LogP contribution is -1.94. The van der Waals surface area contributed by atoms with Crippen LogP contribution >= 0.6 is 0 Å². The Bertz CT molecular complexity index is 3260. The van der Waals surface area contributed by atoms with Gasteiger partial charge in [0.1, 0.15) is 0 Å². The summed E-state index contributed by atoms with van der Waals surface area (Å²) < 4.78 is 2.41. The molecule has 0 aliphatic rings. The van der Waals surface area contributed by atoms with E-state index in [-0.39, 0.29) is 0 Å². The Morgan fingerprint density at radius 3 is 1.49 bits per heavy atom. The van der Waals surface area contributed by atoms with E-state index in [0.29, 0.717) is 0 Å². The van der Waals surface area contributed by atoms with Crippen molar-refractivity contribution in [1.82, 2.24) is 4.57 Å². The molecule has 0 N–H and O–H groups in total. The third-order valence-electron chi connectivity index (χ3n) is 11.6. The quantitative estimate of drug-likeness (QED) is 0.119. The summed E-state index contributed by atoms with van der Waals surface area (Å²) >= 11 is 0. The molecular weight excluding hydrogens is 687 g/mol. The van der Waals surface area contributed by atoms with Gasteiger partial charge in [0, 0.05) is 16.5 Å². The maximum Gasteiger partial charge on any atom is 0.0547 e. The van der Waals surface area contributed by atoms with Gasteiger partial charge in [0.05, 0.1) is 11.0 Å². The summed E-state index contributed by atoms with van der Waals surface area (Å²) in [6, 6.07) is 77.3. The topological polar surface area (TPSA) is 4.93 Å². The Morgan fingerprint density at radius 2 is 0.807 bits per heavy atom. The van der Waals surface area contributed by atoms with E-state index in [9.17, 15) is 0 Å². The molecule has 11 aromatic rings. The van der Waals surface area contributed by atoms with Crippen LogP contribution in [-0.2, 0) is 0 Å². The zero-order chi connectivity index (χ0) is 37.7. The maximum atomic E-state index is 2.41. The van der Waals surface area contributed by atoms with E-state index in [0.717, 1.165) is 5.69 Å². The normalized spacial score (nSPS) is 11.8. The fraction of sp³-hybridized carbons (Fsp3) is 0. The number of nitrogens with zero attached hydrogens (tertiary/aromatic N) is 1. The number of rotatable bonds is 6. The first-order valence-electron chi connectivity index (χ1n) is 19.7. The molecule has 0 unspecified atom stereocenters. The molecule has 10 aromatic carbocycles. The molecule has 0 fully saturated rings. The standard InChI is InChI=1S/C56H37N/c1-3-15-39(16-4-1)40-30-27-38(28-31-40)29-32-41-33-36-52(45-20-8-7-19-44(41)45)56-50-24-11-9-22-48(50)55(49-23-10-12-25-51(49)56)42-34-35-47-46-21-13-14-26-53(46)57(54(47)37-42)43-17-5-2-6-18-43/h1-37H.